The number of nitrogen functional groups attached to an aromatic ring is 1. The quantitative estimate of drug-likeness (QED) is 0.839. The lowest BCUT2D eigenvalue weighted by molar-refractivity contribution is -0.143. The predicted octanol–water partition coefficient (Wildman–Crippen LogP) is 2.41. The van der Waals surface area contributed by atoms with Crippen LogP contribution >= 0.6 is 0 Å². The van der Waals surface area contributed by atoms with Crippen molar-refractivity contribution in [3.63, 3.8) is 0 Å². The fourth-order valence-corrected chi connectivity index (χ4v) is 2.78. The monoisotopic (exact) mass is 268 g/mol. The summed E-state index contributed by atoms with van der Waals surface area (Å²) in [5.74, 6) is -0.844. The minimum Gasteiger partial charge on any atom is -0.480 e. The average molecular weight is 268 g/mol. The van der Waals surface area contributed by atoms with Crippen LogP contribution in [0.5, 0.6) is 0 Å². The van der Waals surface area contributed by atoms with Crippen molar-refractivity contribution in [2.24, 2.45) is 0 Å². The summed E-state index contributed by atoms with van der Waals surface area (Å²) in [6, 6.07) is 14.5. The highest BCUT2D eigenvalue weighted by atomic mass is 16.4. The van der Waals surface area contributed by atoms with E-state index in [0.29, 0.717) is 18.8 Å². The van der Waals surface area contributed by atoms with Gasteiger partial charge >= 0.3 is 5.97 Å². The second-order valence-electron chi connectivity index (χ2n) is 5.08. The number of nitrogens with two attached hydrogens (primary N) is 1. The molecule has 0 saturated carbocycles. The molecule has 1 heterocycles. The third-order valence-electron chi connectivity index (χ3n) is 3.69. The van der Waals surface area contributed by atoms with Gasteiger partial charge in [-0.1, -0.05) is 36.4 Å². The molecular formula is C16H16N2O2. The molecule has 4 nitrogen and oxygen atoms in total. The molecule has 0 saturated heterocycles. The second kappa shape index (κ2) is 4.98. The molecule has 1 aliphatic rings. The first-order valence-electron chi connectivity index (χ1n) is 6.54. The van der Waals surface area contributed by atoms with Gasteiger partial charge in [-0.15, -0.1) is 0 Å². The number of benzene rings is 2. The normalized spacial score (nSPS) is 15.8. The molecule has 2 aromatic rings. The number of anilines is 1. The molecule has 102 valence electrons. The number of carboxylic acids is 1. The van der Waals surface area contributed by atoms with Crippen LogP contribution in [0.1, 0.15) is 22.7 Å². The average Bonchev–Trinajstić information content (AvgIpc) is 2.81. The van der Waals surface area contributed by atoms with E-state index in [9.17, 15) is 9.90 Å². The van der Waals surface area contributed by atoms with Gasteiger partial charge in [0.05, 0.1) is 0 Å². The Morgan fingerprint density at radius 3 is 2.30 bits per heavy atom. The van der Waals surface area contributed by atoms with Gasteiger partial charge in [0.15, 0.2) is 0 Å². The molecule has 4 heteroatoms. The highest BCUT2D eigenvalue weighted by molar-refractivity contribution is 5.76. The van der Waals surface area contributed by atoms with Crippen LogP contribution in [0.4, 0.5) is 5.69 Å². The molecule has 0 amide bonds. The Labute approximate surface area is 117 Å². The lowest BCUT2D eigenvalue weighted by Crippen LogP contribution is -2.30. The minimum absolute atomic E-state index is 0.588. The molecule has 0 aromatic heterocycles. The number of nitrogens with zero attached hydrogens (tertiary/aromatic N) is 1. The molecule has 0 aliphatic carbocycles. The van der Waals surface area contributed by atoms with Crippen molar-refractivity contribution in [1.29, 1.82) is 0 Å². The first-order valence-corrected chi connectivity index (χ1v) is 6.54. The topological polar surface area (TPSA) is 66.6 Å². The standard InChI is InChI=1S/C16H16N2O2/c17-14-7-3-6-11(8-14)15(16(19)20)18-9-12-4-1-2-5-13(12)10-18/h1-8,15H,9-10,17H2,(H,19,20)/t15-/m0/s1. The zero-order valence-corrected chi connectivity index (χ0v) is 11.0. The van der Waals surface area contributed by atoms with Gasteiger partial charge in [-0.05, 0) is 28.8 Å². The summed E-state index contributed by atoms with van der Waals surface area (Å²) in [4.78, 5) is 13.6. The minimum atomic E-state index is -0.844. The molecule has 1 aliphatic heterocycles. The Balaban J connectivity index is 1.92. The van der Waals surface area contributed by atoms with E-state index in [-0.39, 0.29) is 0 Å². The Hall–Kier alpha value is -2.33. The van der Waals surface area contributed by atoms with Crippen molar-refractivity contribution in [3.8, 4) is 0 Å². The van der Waals surface area contributed by atoms with Gasteiger partial charge in [-0.2, -0.15) is 0 Å². The predicted molar refractivity (Wildman–Crippen MR) is 76.9 cm³/mol. The Morgan fingerprint density at radius 2 is 1.75 bits per heavy atom. The number of hydrogen-bond acceptors (Lipinski definition) is 3. The first kappa shape index (κ1) is 12.7. The molecule has 0 radical (unpaired) electrons. The van der Waals surface area contributed by atoms with Crippen LogP contribution in [-0.4, -0.2) is 16.0 Å². The summed E-state index contributed by atoms with van der Waals surface area (Å²) in [7, 11) is 0. The summed E-state index contributed by atoms with van der Waals surface area (Å²) in [5.41, 5.74) is 9.48. The number of fused-ring (bicyclic) bond motifs is 1. The molecule has 0 bridgehead atoms. The molecule has 3 N–H and O–H groups in total. The van der Waals surface area contributed by atoms with E-state index >= 15 is 0 Å². The summed E-state index contributed by atoms with van der Waals surface area (Å²) in [5, 5.41) is 9.57. The lowest BCUT2D eigenvalue weighted by Gasteiger charge is -2.24. The third-order valence-corrected chi connectivity index (χ3v) is 3.69. The van der Waals surface area contributed by atoms with Gasteiger partial charge in [0.1, 0.15) is 6.04 Å². The summed E-state index contributed by atoms with van der Waals surface area (Å²) < 4.78 is 0. The van der Waals surface area contributed by atoms with Gasteiger partial charge in [-0.3, -0.25) is 9.69 Å². The number of hydrogen-bond donors (Lipinski definition) is 2. The van der Waals surface area contributed by atoms with Crippen molar-refractivity contribution in [2.75, 3.05) is 5.73 Å². The lowest BCUT2D eigenvalue weighted by atomic mass is 10.0. The van der Waals surface area contributed by atoms with Crippen LogP contribution in [0.25, 0.3) is 0 Å². The van der Waals surface area contributed by atoms with Gasteiger partial charge in [-0.25, -0.2) is 0 Å². The number of carboxylic acid groups (broad SMARTS) is 1. The Kier molecular flexibility index (Phi) is 3.16. The molecule has 20 heavy (non-hydrogen) atoms. The zero-order chi connectivity index (χ0) is 14.1. The van der Waals surface area contributed by atoms with E-state index < -0.39 is 12.0 Å². The fraction of sp³-hybridized carbons (Fsp3) is 0.188. The number of aliphatic carboxylic acids is 1. The van der Waals surface area contributed by atoms with E-state index in [1.807, 2.05) is 35.2 Å². The van der Waals surface area contributed by atoms with Crippen LogP contribution in [0, 0.1) is 0 Å². The fourth-order valence-electron chi connectivity index (χ4n) is 2.78. The maximum absolute atomic E-state index is 11.7. The van der Waals surface area contributed by atoms with Gasteiger partial charge < -0.3 is 10.8 Å². The molecular weight excluding hydrogens is 252 g/mol. The van der Waals surface area contributed by atoms with Crippen molar-refractivity contribution in [1.82, 2.24) is 4.90 Å². The maximum atomic E-state index is 11.7. The summed E-state index contributed by atoms with van der Waals surface area (Å²) >= 11 is 0. The van der Waals surface area contributed by atoms with E-state index in [1.54, 1.807) is 18.2 Å². The SMILES string of the molecule is Nc1cccc([C@@H](C(=O)O)N2Cc3ccccc3C2)c1. The van der Waals surface area contributed by atoms with Crippen LogP contribution < -0.4 is 5.73 Å². The maximum Gasteiger partial charge on any atom is 0.325 e. The molecule has 1 atom stereocenters. The number of carbonyl (C=O) groups is 1. The Morgan fingerprint density at radius 1 is 1.10 bits per heavy atom. The van der Waals surface area contributed by atoms with Crippen LogP contribution in [0.15, 0.2) is 48.5 Å². The van der Waals surface area contributed by atoms with Crippen molar-refractivity contribution < 1.29 is 9.90 Å². The van der Waals surface area contributed by atoms with Gasteiger partial charge in [0, 0.05) is 18.8 Å². The second-order valence-corrected chi connectivity index (χ2v) is 5.08. The van der Waals surface area contributed by atoms with E-state index in [1.165, 1.54) is 11.1 Å². The highest BCUT2D eigenvalue weighted by Crippen LogP contribution is 2.32. The molecule has 2 aromatic carbocycles. The zero-order valence-electron chi connectivity index (χ0n) is 11.0. The summed E-state index contributed by atoms with van der Waals surface area (Å²) in [6.45, 7) is 1.31. The molecule has 0 spiro atoms. The van der Waals surface area contributed by atoms with Crippen molar-refractivity contribution in [3.05, 3.63) is 65.2 Å². The summed E-state index contributed by atoms with van der Waals surface area (Å²) in [6.07, 6.45) is 0. The van der Waals surface area contributed by atoms with Crippen molar-refractivity contribution >= 4 is 11.7 Å². The molecule has 0 fully saturated rings. The van der Waals surface area contributed by atoms with E-state index in [0.717, 1.165) is 5.56 Å². The van der Waals surface area contributed by atoms with E-state index in [4.69, 9.17) is 5.73 Å². The van der Waals surface area contributed by atoms with E-state index in [2.05, 4.69) is 0 Å². The molecule has 0 unspecified atom stereocenters. The van der Waals surface area contributed by atoms with Crippen molar-refractivity contribution in [2.45, 2.75) is 19.1 Å². The third kappa shape index (κ3) is 2.26. The van der Waals surface area contributed by atoms with Gasteiger partial charge in [0.25, 0.3) is 0 Å². The van der Waals surface area contributed by atoms with Crippen LogP contribution in [0.2, 0.25) is 0 Å². The smallest absolute Gasteiger partial charge is 0.325 e. The van der Waals surface area contributed by atoms with Gasteiger partial charge in [0.2, 0.25) is 0 Å². The number of rotatable bonds is 3. The Bertz CT molecular complexity index is 629. The first-order chi connectivity index (χ1) is 9.65. The van der Waals surface area contributed by atoms with Crippen LogP contribution in [0.3, 0.4) is 0 Å². The van der Waals surface area contributed by atoms with Crippen LogP contribution in [-0.2, 0) is 17.9 Å². The largest absolute Gasteiger partial charge is 0.480 e. The molecule has 3 rings (SSSR count). The highest BCUT2D eigenvalue weighted by Gasteiger charge is 2.31.